The van der Waals surface area contributed by atoms with Gasteiger partial charge in [-0.25, -0.2) is 18.1 Å². The van der Waals surface area contributed by atoms with Crippen LogP contribution in [0.4, 0.5) is 18.9 Å². The zero-order valence-electron chi connectivity index (χ0n) is 23.9. The van der Waals surface area contributed by atoms with Gasteiger partial charge in [-0.1, -0.05) is 11.3 Å². The molecule has 3 aliphatic rings. The van der Waals surface area contributed by atoms with Crippen molar-refractivity contribution in [2.45, 2.75) is 80.6 Å². The number of anilines is 1. The van der Waals surface area contributed by atoms with Crippen LogP contribution in [0.15, 0.2) is 17.2 Å². The van der Waals surface area contributed by atoms with Crippen LogP contribution < -0.4 is 14.9 Å². The summed E-state index contributed by atoms with van der Waals surface area (Å²) in [4.78, 5) is 21.3. The van der Waals surface area contributed by atoms with Crippen LogP contribution in [-0.2, 0) is 21.0 Å². The molecule has 1 saturated heterocycles. The van der Waals surface area contributed by atoms with E-state index >= 15 is 0 Å². The van der Waals surface area contributed by atoms with E-state index in [1.165, 1.54) is 11.1 Å². The Labute approximate surface area is 245 Å². The number of imidazole rings is 1. The maximum atomic E-state index is 13.7. The number of aromatic nitrogens is 4. The summed E-state index contributed by atoms with van der Waals surface area (Å²) in [5.74, 6) is -0.121. The minimum Gasteiger partial charge on any atom is -0.365 e. The Morgan fingerprint density at radius 1 is 1.19 bits per heavy atom. The van der Waals surface area contributed by atoms with Gasteiger partial charge in [-0.15, -0.1) is 10.2 Å². The van der Waals surface area contributed by atoms with Crippen LogP contribution in [0, 0.1) is 0 Å². The van der Waals surface area contributed by atoms with Crippen LogP contribution in [-0.4, -0.2) is 83.1 Å². The Balaban J connectivity index is 1.57. The molecule has 42 heavy (non-hydrogen) atoms. The van der Waals surface area contributed by atoms with Gasteiger partial charge in [0.25, 0.3) is 0 Å². The van der Waals surface area contributed by atoms with Gasteiger partial charge in [0, 0.05) is 50.4 Å². The fourth-order valence-corrected chi connectivity index (χ4v) is 7.66. The van der Waals surface area contributed by atoms with Crippen molar-refractivity contribution >= 4 is 38.6 Å². The molecule has 3 aromatic rings. The highest BCUT2D eigenvalue weighted by atomic mass is 32.2. The molecule has 6 rings (SSSR count). The lowest BCUT2D eigenvalue weighted by molar-refractivity contribution is -0.138. The number of hydrogen-bond acceptors (Lipinski definition) is 9. The molecule has 1 aliphatic heterocycles. The number of hydrogen-bond donors (Lipinski definition) is 2. The van der Waals surface area contributed by atoms with Crippen LogP contribution in [0.25, 0.3) is 16.3 Å². The van der Waals surface area contributed by atoms with E-state index in [0.29, 0.717) is 53.4 Å². The molecular weight excluding hydrogens is 593 g/mol. The number of piperazine rings is 1. The molecule has 0 unspecified atom stereocenters. The molecule has 0 aromatic carbocycles. The second kappa shape index (κ2) is 9.59. The largest absolute Gasteiger partial charge is 0.445 e. The van der Waals surface area contributed by atoms with E-state index in [2.05, 4.69) is 20.2 Å². The van der Waals surface area contributed by atoms with Gasteiger partial charge >= 0.3 is 6.18 Å². The molecule has 0 spiro atoms. The third-order valence-corrected chi connectivity index (χ3v) is 10.4. The molecule has 1 atom stereocenters. The van der Waals surface area contributed by atoms with Gasteiger partial charge in [0.2, 0.25) is 20.9 Å². The van der Waals surface area contributed by atoms with Crippen molar-refractivity contribution in [1.82, 2.24) is 34.5 Å². The molecule has 2 saturated carbocycles. The normalized spacial score (nSPS) is 22.0. The zero-order valence-corrected chi connectivity index (χ0v) is 25.5. The first kappa shape index (κ1) is 29.3. The molecular formula is C26H33F3N8O3S2. The summed E-state index contributed by atoms with van der Waals surface area (Å²) >= 11 is 0.407. The first-order valence-electron chi connectivity index (χ1n) is 13.7. The minimum atomic E-state index is -4.67. The predicted molar refractivity (Wildman–Crippen MR) is 151 cm³/mol. The van der Waals surface area contributed by atoms with E-state index in [-0.39, 0.29) is 28.3 Å². The summed E-state index contributed by atoms with van der Waals surface area (Å²) in [6.45, 7) is 6.40. The van der Waals surface area contributed by atoms with E-state index in [1.54, 1.807) is 24.6 Å². The second-order valence-corrected chi connectivity index (χ2v) is 15.3. The van der Waals surface area contributed by atoms with Gasteiger partial charge in [0.15, 0.2) is 10.7 Å². The molecule has 16 heteroatoms. The van der Waals surface area contributed by atoms with Gasteiger partial charge < -0.3 is 9.80 Å². The van der Waals surface area contributed by atoms with Gasteiger partial charge in [-0.05, 0) is 52.5 Å². The number of carbonyl (C=O) groups is 1. The molecule has 2 N–H and O–H groups in total. The van der Waals surface area contributed by atoms with Crippen LogP contribution in [0.3, 0.4) is 0 Å². The highest BCUT2D eigenvalue weighted by Crippen LogP contribution is 2.47. The zero-order chi connectivity index (χ0) is 30.4. The number of pyridine rings is 1. The van der Waals surface area contributed by atoms with E-state index in [0.717, 1.165) is 12.8 Å². The summed E-state index contributed by atoms with van der Waals surface area (Å²) in [6.07, 6.45) is -0.237. The quantitative estimate of drug-likeness (QED) is 0.410. The van der Waals surface area contributed by atoms with Crippen LogP contribution in [0.5, 0.6) is 0 Å². The van der Waals surface area contributed by atoms with Crippen molar-refractivity contribution in [1.29, 1.82) is 0 Å². The number of nitrogens with one attached hydrogen (secondary N) is 2. The molecule has 0 radical (unpaired) electrons. The van der Waals surface area contributed by atoms with E-state index in [1.807, 2.05) is 25.7 Å². The van der Waals surface area contributed by atoms with Crippen LogP contribution in [0.2, 0.25) is 0 Å². The Morgan fingerprint density at radius 3 is 2.45 bits per heavy atom. The lowest BCUT2D eigenvalue weighted by atomic mass is 9.97. The van der Waals surface area contributed by atoms with E-state index < -0.39 is 38.3 Å². The number of carbonyl (C=O) groups excluding carboxylic acids is 1. The van der Waals surface area contributed by atoms with Gasteiger partial charge in [0.05, 0.1) is 11.4 Å². The fraction of sp³-hybridized carbons (Fsp3) is 0.615. The number of fused-ring (bicyclic) bond motifs is 1. The van der Waals surface area contributed by atoms with Gasteiger partial charge in [-0.3, -0.25) is 14.5 Å². The van der Waals surface area contributed by atoms with Crippen molar-refractivity contribution in [3.63, 3.8) is 0 Å². The molecule has 3 fully saturated rings. The third-order valence-electron chi connectivity index (χ3n) is 7.86. The molecule has 1 amide bonds. The average molecular weight is 627 g/mol. The predicted octanol–water partition coefficient (Wildman–Crippen LogP) is 3.22. The van der Waals surface area contributed by atoms with Crippen molar-refractivity contribution < 1.29 is 26.4 Å². The summed E-state index contributed by atoms with van der Waals surface area (Å²) in [5.41, 5.74) is 0.654. The number of rotatable bonds is 7. The molecule has 4 heterocycles. The summed E-state index contributed by atoms with van der Waals surface area (Å²) in [6, 6.07) is 0.971. The lowest BCUT2D eigenvalue weighted by Gasteiger charge is -2.44. The summed E-state index contributed by atoms with van der Waals surface area (Å²) < 4.78 is 72.2. The first-order valence-corrected chi connectivity index (χ1v) is 16.0. The number of sulfonamides is 1. The topological polar surface area (TPSA) is 125 Å². The number of likely N-dealkylation sites (N-methyl/N-ethyl adjacent to an activating group) is 1. The number of amides is 1. The second-order valence-electron chi connectivity index (χ2n) is 12.6. The molecule has 2 aliphatic carbocycles. The Kier molecular flexibility index (Phi) is 6.68. The van der Waals surface area contributed by atoms with Crippen molar-refractivity contribution in [3.8, 4) is 10.7 Å². The van der Waals surface area contributed by atoms with Crippen LogP contribution in [0.1, 0.15) is 63.1 Å². The van der Waals surface area contributed by atoms with Crippen molar-refractivity contribution in [3.05, 3.63) is 23.0 Å². The third kappa shape index (κ3) is 5.49. The smallest absolute Gasteiger partial charge is 0.365 e. The Bertz CT molecular complexity index is 1670. The monoisotopic (exact) mass is 626 g/mol. The van der Waals surface area contributed by atoms with Crippen LogP contribution >= 0.6 is 11.3 Å². The highest BCUT2D eigenvalue weighted by molar-refractivity contribution is 7.89. The standard InChI is InChI=1S/C26H33F3N8O3S2/c1-24(2)13-36(12-16(31-24)22(38)35(4)5)17-10-15(42(39,40)34-25(3)8-9-25)11-37-19(18(14-6-7-14)30-20(17)37)21-32-33-23(41-21)26(27,28)29/h10-11,14,16,31,34H,6-9,12-13H2,1-5H3/t16-/m0/s1. The van der Waals surface area contributed by atoms with Crippen molar-refractivity contribution in [2.75, 3.05) is 32.1 Å². The SMILES string of the molecule is CN(C)C(=O)[C@@H]1CN(c2cc(S(=O)(=O)NC3(C)CC3)cn3c(-c4nnc(C(F)(F)F)s4)c(C4CC4)nc23)CC(C)(C)N1. The fourth-order valence-electron chi connectivity index (χ4n) is 5.42. The number of nitrogens with zero attached hydrogens (tertiary/aromatic N) is 6. The molecule has 11 nitrogen and oxygen atoms in total. The maximum Gasteiger partial charge on any atom is 0.445 e. The molecule has 228 valence electrons. The summed E-state index contributed by atoms with van der Waals surface area (Å²) in [5, 5.41) is 9.57. The Hall–Kier alpha value is -2.82. The minimum absolute atomic E-state index is 0.0112. The lowest BCUT2D eigenvalue weighted by Crippen LogP contribution is -2.66. The van der Waals surface area contributed by atoms with E-state index in [4.69, 9.17) is 4.98 Å². The molecule has 3 aromatic heterocycles. The average Bonchev–Trinajstić information content (AvgIpc) is 3.75. The van der Waals surface area contributed by atoms with Gasteiger partial charge in [-0.2, -0.15) is 13.2 Å². The Morgan fingerprint density at radius 2 is 1.88 bits per heavy atom. The number of alkyl halides is 3. The van der Waals surface area contributed by atoms with Gasteiger partial charge in [0.1, 0.15) is 16.6 Å². The highest BCUT2D eigenvalue weighted by Gasteiger charge is 2.43. The number of halogens is 3. The van der Waals surface area contributed by atoms with E-state index in [9.17, 15) is 26.4 Å². The maximum absolute atomic E-state index is 13.7. The molecule has 0 bridgehead atoms. The summed E-state index contributed by atoms with van der Waals surface area (Å²) in [7, 11) is -0.677. The van der Waals surface area contributed by atoms with Crippen molar-refractivity contribution in [2.24, 2.45) is 0 Å². The first-order chi connectivity index (χ1) is 19.5.